The average molecular weight is 653 g/mol. The maximum Gasteiger partial charge on any atom is 0.416 e. The van der Waals surface area contributed by atoms with Crippen molar-refractivity contribution < 1.29 is 59.3 Å². The Balaban J connectivity index is 1.63. The van der Waals surface area contributed by atoms with Crippen LogP contribution in [0, 0.1) is 0 Å². The number of para-hydroxylation sites is 1. The molecular weight excluding hydrogens is 637 g/mol. The Hall–Kier alpha value is -5.54. The zero-order chi connectivity index (χ0) is 33.8. The standard InChI is InChI=1S/C30H16F9N3O4/c31-28(32,33)16-7-8-21-23(13-16)42(19-11-17(29(34,35)36)10-18(12-19)30(37,38)39)26(44)24(21)41-40-22-6-2-5-20(25(22)43)14-3-1-4-15(9-14)27(45)46/h1-13,40,43H,(H,45,46)/b41-24-. The first-order valence-corrected chi connectivity index (χ1v) is 12.7. The fourth-order valence-electron chi connectivity index (χ4n) is 4.66. The van der Waals surface area contributed by atoms with E-state index in [0.29, 0.717) is 12.1 Å². The molecule has 5 rings (SSSR count). The number of carboxylic acids is 1. The van der Waals surface area contributed by atoms with Gasteiger partial charge >= 0.3 is 24.5 Å². The second-order valence-corrected chi connectivity index (χ2v) is 9.79. The number of phenolic OH excluding ortho intramolecular Hbond substituents is 1. The van der Waals surface area contributed by atoms with E-state index < -0.39 is 69.9 Å². The number of hydrogen-bond donors (Lipinski definition) is 3. The molecule has 0 saturated carbocycles. The van der Waals surface area contributed by atoms with Crippen LogP contribution in [0.1, 0.15) is 32.6 Å². The van der Waals surface area contributed by atoms with Crippen molar-refractivity contribution in [3.63, 3.8) is 0 Å². The number of aromatic hydroxyl groups is 1. The summed E-state index contributed by atoms with van der Waals surface area (Å²) in [6, 6.07) is 11.4. The Labute approximate surface area is 251 Å². The highest BCUT2D eigenvalue weighted by Gasteiger charge is 2.42. The smallest absolute Gasteiger partial charge is 0.416 e. The Kier molecular flexibility index (Phi) is 7.70. The lowest BCUT2D eigenvalue weighted by Crippen LogP contribution is -2.27. The Morgan fingerprint density at radius 3 is 1.91 bits per heavy atom. The van der Waals surface area contributed by atoms with Gasteiger partial charge in [-0.1, -0.05) is 24.3 Å². The molecule has 0 unspecified atom stereocenters. The number of amides is 1. The molecular formula is C30H16F9N3O4. The maximum atomic E-state index is 13.6. The van der Waals surface area contributed by atoms with E-state index >= 15 is 0 Å². The van der Waals surface area contributed by atoms with Gasteiger partial charge in [-0.25, -0.2) is 4.79 Å². The fraction of sp³-hybridized carbons (Fsp3) is 0.100. The Morgan fingerprint density at radius 1 is 0.717 bits per heavy atom. The number of hydrazone groups is 1. The number of phenols is 1. The molecule has 4 aromatic carbocycles. The topological polar surface area (TPSA) is 102 Å². The van der Waals surface area contributed by atoms with Gasteiger partial charge < -0.3 is 10.2 Å². The van der Waals surface area contributed by atoms with E-state index in [1.807, 2.05) is 0 Å². The minimum atomic E-state index is -5.32. The van der Waals surface area contributed by atoms with Crippen LogP contribution in [0.15, 0.2) is 84.0 Å². The second kappa shape index (κ2) is 11.1. The highest BCUT2D eigenvalue weighted by molar-refractivity contribution is 6.55. The van der Waals surface area contributed by atoms with Gasteiger partial charge in [-0.05, 0) is 60.2 Å². The number of nitrogens with one attached hydrogen (secondary N) is 1. The van der Waals surface area contributed by atoms with Gasteiger partial charge in [0, 0.05) is 11.1 Å². The molecule has 0 atom stereocenters. The second-order valence-electron chi connectivity index (χ2n) is 9.79. The summed E-state index contributed by atoms with van der Waals surface area (Å²) in [6.07, 6.45) is -15.6. The van der Waals surface area contributed by atoms with Gasteiger partial charge in [0.1, 0.15) is 5.75 Å². The summed E-state index contributed by atoms with van der Waals surface area (Å²) < 4.78 is 122. The van der Waals surface area contributed by atoms with E-state index in [0.717, 1.165) is 6.07 Å². The number of fused-ring (bicyclic) bond motifs is 1. The zero-order valence-electron chi connectivity index (χ0n) is 22.5. The number of benzene rings is 4. The molecule has 0 fully saturated rings. The lowest BCUT2D eigenvalue weighted by atomic mass is 10.0. The third-order valence-electron chi connectivity index (χ3n) is 6.80. The summed E-state index contributed by atoms with van der Waals surface area (Å²) in [4.78, 5) is 25.1. The minimum Gasteiger partial charge on any atom is -0.505 e. The molecule has 0 aromatic heterocycles. The highest BCUT2D eigenvalue weighted by Crippen LogP contribution is 2.44. The van der Waals surface area contributed by atoms with Gasteiger partial charge in [-0.15, -0.1) is 0 Å². The van der Waals surface area contributed by atoms with Crippen molar-refractivity contribution in [2.45, 2.75) is 18.5 Å². The maximum absolute atomic E-state index is 13.6. The molecule has 1 aliphatic heterocycles. The average Bonchev–Trinajstić information content (AvgIpc) is 3.25. The normalized spacial score (nSPS) is 14.5. The number of aromatic carboxylic acids is 1. The predicted octanol–water partition coefficient (Wildman–Crippen LogP) is 8.31. The third-order valence-corrected chi connectivity index (χ3v) is 6.80. The van der Waals surface area contributed by atoms with Crippen LogP contribution in [0.4, 0.5) is 56.6 Å². The van der Waals surface area contributed by atoms with Crippen LogP contribution in [0.3, 0.4) is 0 Å². The Morgan fingerprint density at radius 2 is 1.33 bits per heavy atom. The lowest BCUT2D eigenvalue weighted by molar-refractivity contribution is -0.143. The molecule has 0 radical (unpaired) electrons. The van der Waals surface area contributed by atoms with E-state index in [4.69, 9.17) is 0 Å². The first kappa shape index (κ1) is 31.9. The third kappa shape index (κ3) is 6.05. The molecule has 0 aliphatic carbocycles. The number of carbonyl (C=O) groups is 2. The zero-order valence-corrected chi connectivity index (χ0v) is 22.5. The fourth-order valence-corrected chi connectivity index (χ4v) is 4.66. The summed E-state index contributed by atoms with van der Waals surface area (Å²) in [5.41, 5.74) is -5.35. The molecule has 4 aromatic rings. The first-order valence-electron chi connectivity index (χ1n) is 12.7. The van der Waals surface area contributed by atoms with Gasteiger partial charge in [-0.2, -0.15) is 44.6 Å². The van der Waals surface area contributed by atoms with Crippen molar-refractivity contribution in [3.05, 3.63) is 107 Å². The van der Waals surface area contributed by atoms with Crippen LogP contribution in [-0.2, 0) is 23.3 Å². The van der Waals surface area contributed by atoms with Gasteiger partial charge in [0.2, 0.25) is 0 Å². The summed E-state index contributed by atoms with van der Waals surface area (Å²) in [7, 11) is 0. The van der Waals surface area contributed by atoms with Crippen molar-refractivity contribution in [2.24, 2.45) is 5.10 Å². The minimum absolute atomic E-state index is 0.103. The first-order chi connectivity index (χ1) is 21.4. The van der Waals surface area contributed by atoms with E-state index in [9.17, 15) is 59.3 Å². The van der Waals surface area contributed by atoms with E-state index in [-0.39, 0.29) is 51.0 Å². The summed E-state index contributed by atoms with van der Waals surface area (Å²) in [6.45, 7) is 0. The molecule has 1 heterocycles. The van der Waals surface area contributed by atoms with Gasteiger partial charge in [0.05, 0.1) is 39.3 Å². The molecule has 1 amide bonds. The number of rotatable bonds is 5. The number of anilines is 3. The molecule has 3 N–H and O–H groups in total. The van der Waals surface area contributed by atoms with E-state index in [1.54, 1.807) is 0 Å². The van der Waals surface area contributed by atoms with Crippen molar-refractivity contribution in [3.8, 4) is 16.9 Å². The summed E-state index contributed by atoms with van der Waals surface area (Å²) in [5, 5.41) is 24.0. The van der Waals surface area contributed by atoms with E-state index in [1.165, 1.54) is 42.5 Å². The number of nitrogens with zero attached hydrogens (tertiary/aromatic N) is 2. The molecule has 7 nitrogen and oxygen atoms in total. The number of carboxylic acid groups (broad SMARTS) is 1. The number of halogens is 9. The monoisotopic (exact) mass is 653 g/mol. The highest BCUT2D eigenvalue weighted by atomic mass is 19.4. The van der Waals surface area contributed by atoms with Crippen LogP contribution >= 0.6 is 0 Å². The lowest BCUT2D eigenvalue weighted by Gasteiger charge is -2.21. The molecule has 1 aliphatic rings. The van der Waals surface area contributed by atoms with Crippen LogP contribution in [0.5, 0.6) is 5.75 Å². The quantitative estimate of drug-likeness (QED) is 0.114. The molecule has 238 valence electrons. The molecule has 0 bridgehead atoms. The number of alkyl halides is 9. The largest absolute Gasteiger partial charge is 0.505 e. The molecule has 0 saturated heterocycles. The predicted molar refractivity (Wildman–Crippen MR) is 146 cm³/mol. The van der Waals surface area contributed by atoms with Crippen LogP contribution in [0.25, 0.3) is 11.1 Å². The van der Waals surface area contributed by atoms with Crippen LogP contribution < -0.4 is 10.3 Å². The molecule has 46 heavy (non-hydrogen) atoms. The van der Waals surface area contributed by atoms with Crippen molar-refractivity contribution >= 4 is 34.7 Å². The van der Waals surface area contributed by atoms with Crippen molar-refractivity contribution in [1.82, 2.24) is 0 Å². The Bertz CT molecular complexity index is 1880. The van der Waals surface area contributed by atoms with Gasteiger partial charge in [-0.3, -0.25) is 15.1 Å². The van der Waals surface area contributed by atoms with Crippen LogP contribution in [0.2, 0.25) is 0 Å². The number of hydrogen-bond acceptors (Lipinski definition) is 5. The molecule has 16 heteroatoms. The van der Waals surface area contributed by atoms with Crippen molar-refractivity contribution in [2.75, 3.05) is 10.3 Å². The van der Waals surface area contributed by atoms with Gasteiger partial charge in [0.25, 0.3) is 5.91 Å². The number of carbonyl (C=O) groups excluding carboxylic acids is 1. The van der Waals surface area contributed by atoms with Crippen molar-refractivity contribution in [1.29, 1.82) is 0 Å². The van der Waals surface area contributed by atoms with Crippen LogP contribution in [-0.4, -0.2) is 27.8 Å². The van der Waals surface area contributed by atoms with Gasteiger partial charge in [0.15, 0.2) is 5.71 Å². The summed E-state index contributed by atoms with van der Waals surface area (Å²) >= 11 is 0. The SMILES string of the molecule is O=C(O)c1cccc(-c2cccc(N/N=C3\C(=O)N(c4cc(C(F)(F)F)cc(C(F)(F)F)c4)c4cc(C(F)(F)F)ccc43)c2O)c1. The van der Waals surface area contributed by atoms with E-state index in [2.05, 4.69) is 10.5 Å². The molecule has 0 spiro atoms. The summed E-state index contributed by atoms with van der Waals surface area (Å²) in [5.74, 6) is -3.13.